The third kappa shape index (κ3) is 8.94. The van der Waals surface area contributed by atoms with E-state index >= 15 is 0 Å². The van der Waals surface area contributed by atoms with Crippen molar-refractivity contribution in [3.63, 3.8) is 0 Å². The standard InChI is InChI=1S/C36H37BrClN3O5S/c1-46-32-19-21-33(22-20-32)47(44,45)41(31-17-15-29(38)16-18-31)25-35(42)40(24-27-11-13-28(37)14-12-27)34(23-26-7-3-2-4-8-26)36(43)39-30-9-5-6-10-30/h2-4,7-8,11-22,30,34H,5-6,9-10,23-25H2,1H3,(H,39,43)/t34-/m1/s1. The Labute approximate surface area is 289 Å². The minimum Gasteiger partial charge on any atom is -0.497 e. The highest BCUT2D eigenvalue weighted by atomic mass is 79.9. The number of sulfonamides is 1. The third-order valence-corrected chi connectivity index (χ3v) is 10.8. The summed E-state index contributed by atoms with van der Waals surface area (Å²) < 4.78 is 35.5. The number of rotatable bonds is 13. The lowest BCUT2D eigenvalue weighted by Gasteiger charge is -2.34. The number of ether oxygens (including phenoxy) is 1. The number of methoxy groups -OCH3 is 1. The highest BCUT2D eigenvalue weighted by Gasteiger charge is 2.35. The molecule has 5 rings (SSSR count). The quantitative estimate of drug-likeness (QED) is 0.159. The number of nitrogens with zero attached hydrogens (tertiary/aromatic N) is 2. The van der Waals surface area contributed by atoms with Crippen molar-refractivity contribution < 1.29 is 22.7 Å². The van der Waals surface area contributed by atoms with Crippen LogP contribution in [0.3, 0.4) is 0 Å². The van der Waals surface area contributed by atoms with Crippen molar-refractivity contribution in [3.05, 3.63) is 124 Å². The average Bonchev–Trinajstić information content (AvgIpc) is 3.60. The van der Waals surface area contributed by atoms with Gasteiger partial charge >= 0.3 is 0 Å². The Kier molecular flexibility index (Phi) is 11.6. The molecule has 1 atom stereocenters. The molecule has 246 valence electrons. The molecule has 11 heteroatoms. The lowest BCUT2D eigenvalue weighted by Crippen LogP contribution is -2.54. The second-order valence-corrected chi connectivity index (χ2v) is 14.7. The molecule has 0 aliphatic heterocycles. The fourth-order valence-corrected chi connectivity index (χ4v) is 7.52. The van der Waals surface area contributed by atoms with Gasteiger partial charge in [-0.2, -0.15) is 0 Å². The Morgan fingerprint density at radius 2 is 1.53 bits per heavy atom. The van der Waals surface area contributed by atoms with E-state index in [4.69, 9.17) is 16.3 Å². The third-order valence-electron chi connectivity index (χ3n) is 8.28. The molecule has 8 nitrogen and oxygen atoms in total. The SMILES string of the molecule is COc1ccc(S(=O)(=O)N(CC(=O)N(Cc2ccc(Br)cc2)[C@H](Cc2ccccc2)C(=O)NC2CCCC2)c2ccc(Cl)cc2)cc1. The minimum absolute atomic E-state index is 0.0136. The van der Waals surface area contributed by atoms with Gasteiger partial charge in [0.1, 0.15) is 18.3 Å². The Balaban J connectivity index is 1.55. The number of anilines is 1. The fraction of sp³-hybridized carbons (Fsp3) is 0.278. The molecule has 0 unspecified atom stereocenters. The van der Waals surface area contributed by atoms with Crippen molar-refractivity contribution in [1.29, 1.82) is 0 Å². The van der Waals surface area contributed by atoms with Crippen LogP contribution >= 0.6 is 27.5 Å². The van der Waals surface area contributed by atoms with Crippen molar-refractivity contribution >= 4 is 55.1 Å². The van der Waals surface area contributed by atoms with Gasteiger partial charge in [0.15, 0.2) is 0 Å². The van der Waals surface area contributed by atoms with Gasteiger partial charge in [-0.15, -0.1) is 0 Å². The van der Waals surface area contributed by atoms with Gasteiger partial charge < -0.3 is 15.0 Å². The highest BCUT2D eigenvalue weighted by Crippen LogP contribution is 2.28. The van der Waals surface area contributed by atoms with Crippen molar-refractivity contribution in [3.8, 4) is 5.75 Å². The number of nitrogens with one attached hydrogen (secondary N) is 1. The van der Waals surface area contributed by atoms with Crippen LogP contribution in [0.15, 0.2) is 112 Å². The van der Waals surface area contributed by atoms with Crippen molar-refractivity contribution in [1.82, 2.24) is 10.2 Å². The van der Waals surface area contributed by atoms with E-state index in [1.54, 1.807) is 36.4 Å². The summed E-state index contributed by atoms with van der Waals surface area (Å²) in [5.74, 6) is -0.291. The largest absolute Gasteiger partial charge is 0.497 e. The summed E-state index contributed by atoms with van der Waals surface area (Å²) in [6.07, 6.45) is 4.10. The summed E-state index contributed by atoms with van der Waals surface area (Å²) in [5.41, 5.74) is 1.94. The van der Waals surface area contributed by atoms with Crippen LogP contribution in [0.5, 0.6) is 5.75 Å². The van der Waals surface area contributed by atoms with Gasteiger partial charge in [0.05, 0.1) is 17.7 Å². The number of halogens is 2. The van der Waals surface area contributed by atoms with Gasteiger partial charge in [-0.3, -0.25) is 13.9 Å². The Bertz CT molecular complexity index is 1750. The van der Waals surface area contributed by atoms with E-state index in [-0.39, 0.29) is 35.5 Å². The summed E-state index contributed by atoms with van der Waals surface area (Å²) in [6.45, 7) is -0.451. The van der Waals surface area contributed by atoms with Crippen LogP contribution in [0.1, 0.15) is 36.8 Å². The van der Waals surface area contributed by atoms with Crippen molar-refractivity contribution in [2.75, 3.05) is 18.0 Å². The zero-order valence-corrected chi connectivity index (χ0v) is 29.2. The second kappa shape index (κ2) is 15.8. The maximum Gasteiger partial charge on any atom is 0.264 e. The molecule has 1 aliphatic carbocycles. The molecule has 0 aromatic heterocycles. The first kappa shape index (κ1) is 34.5. The number of carbonyl (C=O) groups is 2. The first-order valence-corrected chi connectivity index (χ1v) is 18.1. The predicted molar refractivity (Wildman–Crippen MR) is 188 cm³/mol. The molecular formula is C36H37BrClN3O5S. The molecular weight excluding hydrogens is 702 g/mol. The van der Waals surface area contributed by atoms with Crippen LogP contribution in [-0.4, -0.2) is 50.9 Å². The van der Waals surface area contributed by atoms with Crippen LogP contribution in [0.2, 0.25) is 5.02 Å². The van der Waals surface area contributed by atoms with E-state index in [0.29, 0.717) is 10.8 Å². The summed E-state index contributed by atoms with van der Waals surface area (Å²) >= 11 is 9.62. The van der Waals surface area contributed by atoms with Gasteiger partial charge in [0.2, 0.25) is 11.8 Å². The van der Waals surface area contributed by atoms with Crippen LogP contribution in [0.4, 0.5) is 5.69 Å². The van der Waals surface area contributed by atoms with Crippen LogP contribution < -0.4 is 14.4 Å². The molecule has 4 aromatic carbocycles. The topological polar surface area (TPSA) is 96.0 Å². The summed E-state index contributed by atoms with van der Waals surface area (Å²) in [4.78, 5) is 30.2. The van der Waals surface area contributed by atoms with Crippen LogP contribution in [0, 0.1) is 0 Å². The molecule has 1 fully saturated rings. The van der Waals surface area contributed by atoms with Gasteiger partial charge in [-0.1, -0.05) is 82.8 Å². The normalized spacial score (nSPS) is 13.9. The molecule has 1 saturated carbocycles. The van der Waals surface area contributed by atoms with E-state index in [1.165, 1.54) is 24.1 Å². The number of benzene rings is 4. The monoisotopic (exact) mass is 737 g/mol. The fourth-order valence-electron chi connectivity index (χ4n) is 5.72. The molecule has 1 N–H and O–H groups in total. The van der Waals surface area contributed by atoms with E-state index in [9.17, 15) is 18.0 Å². The summed E-state index contributed by atoms with van der Waals surface area (Å²) in [7, 11) is -2.75. The molecule has 0 spiro atoms. The smallest absolute Gasteiger partial charge is 0.264 e. The molecule has 2 amide bonds. The van der Waals surface area contributed by atoms with Crippen molar-refractivity contribution in [2.45, 2.75) is 55.6 Å². The first-order chi connectivity index (χ1) is 22.6. The van der Waals surface area contributed by atoms with E-state index in [0.717, 1.165) is 45.6 Å². The Morgan fingerprint density at radius 3 is 2.15 bits per heavy atom. The number of hydrogen-bond acceptors (Lipinski definition) is 5. The second-order valence-electron chi connectivity index (χ2n) is 11.5. The van der Waals surface area contributed by atoms with Gasteiger partial charge in [0, 0.05) is 28.5 Å². The van der Waals surface area contributed by atoms with E-state index in [2.05, 4.69) is 21.2 Å². The average molecular weight is 739 g/mol. The zero-order valence-electron chi connectivity index (χ0n) is 26.0. The molecule has 0 radical (unpaired) electrons. The molecule has 0 heterocycles. The van der Waals surface area contributed by atoms with E-state index < -0.39 is 28.5 Å². The summed E-state index contributed by atoms with van der Waals surface area (Å²) in [6, 6.07) is 28.4. The number of amides is 2. The highest BCUT2D eigenvalue weighted by molar-refractivity contribution is 9.10. The van der Waals surface area contributed by atoms with Gasteiger partial charge in [0.25, 0.3) is 10.0 Å². The lowest BCUT2D eigenvalue weighted by atomic mass is 10.0. The van der Waals surface area contributed by atoms with Crippen LogP contribution in [0.25, 0.3) is 0 Å². The van der Waals surface area contributed by atoms with Gasteiger partial charge in [-0.25, -0.2) is 8.42 Å². The molecule has 4 aromatic rings. The maximum absolute atomic E-state index is 14.6. The molecule has 1 aliphatic rings. The Hall–Kier alpha value is -3.86. The molecule has 47 heavy (non-hydrogen) atoms. The zero-order chi connectivity index (χ0) is 33.4. The minimum atomic E-state index is -4.24. The summed E-state index contributed by atoms with van der Waals surface area (Å²) in [5, 5.41) is 3.61. The predicted octanol–water partition coefficient (Wildman–Crippen LogP) is 7.01. The lowest BCUT2D eigenvalue weighted by molar-refractivity contribution is -0.140. The Morgan fingerprint density at radius 1 is 0.894 bits per heavy atom. The molecule has 0 saturated heterocycles. The van der Waals surface area contributed by atoms with Crippen LogP contribution in [-0.2, 0) is 32.6 Å². The maximum atomic E-state index is 14.6. The van der Waals surface area contributed by atoms with Crippen molar-refractivity contribution in [2.24, 2.45) is 0 Å². The van der Waals surface area contributed by atoms with Gasteiger partial charge in [-0.05, 0) is 84.6 Å². The first-order valence-electron chi connectivity index (χ1n) is 15.4. The van der Waals surface area contributed by atoms with E-state index in [1.807, 2.05) is 54.6 Å². The molecule has 0 bridgehead atoms. The number of hydrogen-bond donors (Lipinski definition) is 1. The number of carbonyl (C=O) groups excluding carboxylic acids is 2.